The summed E-state index contributed by atoms with van der Waals surface area (Å²) in [5.74, 6) is 1.10. The van der Waals surface area contributed by atoms with E-state index in [1.807, 2.05) is 24.4 Å². The van der Waals surface area contributed by atoms with E-state index in [9.17, 15) is 0 Å². The van der Waals surface area contributed by atoms with E-state index in [4.69, 9.17) is 17.3 Å². The monoisotopic (exact) mass is 232 g/mol. The van der Waals surface area contributed by atoms with Crippen molar-refractivity contribution in [3.63, 3.8) is 0 Å². The van der Waals surface area contributed by atoms with Gasteiger partial charge in [0.25, 0.3) is 0 Å². The summed E-state index contributed by atoms with van der Waals surface area (Å²) in [7, 11) is 0. The Morgan fingerprint density at radius 2 is 2.25 bits per heavy atom. The van der Waals surface area contributed by atoms with Crippen molar-refractivity contribution in [1.29, 1.82) is 0 Å². The Morgan fingerprint density at radius 3 is 3.00 bits per heavy atom. The standard InChI is InChI=1S/C13H13ClN2/c14-11-4-3-8-2-1-5-16-13(8)12(11)10-6-9(10)7-15/h1-5,9-10H,6-7,15H2. The molecule has 0 amide bonds. The van der Waals surface area contributed by atoms with Crippen molar-refractivity contribution < 1.29 is 0 Å². The van der Waals surface area contributed by atoms with Gasteiger partial charge in [0.2, 0.25) is 0 Å². The minimum Gasteiger partial charge on any atom is -0.330 e. The molecule has 0 bridgehead atoms. The number of fused-ring (bicyclic) bond motifs is 1. The molecule has 1 heterocycles. The van der Waals surface area contributed by atoms with Gasteiger partial charge in [-0.3, -0.25) is 4.98 Å². The predicted molar refractivity (Wildman–Crippen MR) is 66.7 cm³/mol. The van der Waals surface area contributed by atoms with Crippen LogP contribution in [0.3, 0.4) is 0 Å². The maximum absolute atomic E-state index is 6.28. The second-order valence-electron chi connectivity index (χ2n) is 4.37. The number of halogens is 1. The molecular weight excluding hydrogens is 220 g/mol. The molecule has 82 valence electrons. The van der Waals surface area contributed by atoms with Gasteiger partial charge in [0.15, 0.2) is 0 Å². The van der Waals surface area contributed by atoms with Crippen LogP contribution in [-0.4, -0.2) is 11.5 Å². The van der Waals surface area contributed by atoms with Gasteiger partial charge in [-0.1, -0.05) is 23.7 Å². The number of hydrogen-bond donors (Lipinski definition) is 1. The van der Waals surface area contributed by atoms with Crippen molar-refractivity contribution in [3.8, 4) is 0 Å². The Morgan fingerprint density at radius 1 is 1.38 bits per heavy atom. The van der Waals surface area contributed by atoms with E-state index in [0.717, 1.165) is 28.9 Å². The second kappa shape index (κ2) is 3.72. The zero-order chi connectivity index (χ0) is 11.1. The van der Waals surface area contributed by atoms with Crippen molar-refractivity contribution in [2.24, 2.45) is 11.7 Å². The van der Waals surface area contributed by atoms with Crippen LogP contribution in [0.25, 0.3) is 10.9 Å². The average molecular weight is 233 g/mol. The van der Waals surface area contributed by atoms with Crippen LogP contribution in [0.15, 0.2) is 30.5 Å². The van der Waals surface area contributed by atoms with E-state index in [2.05, 4.69) is 11.1 Å². The molecule has 16 heavy (non-hydrogen) atoms. The highest BCUT2D eigenvalue weighted by molar-refractivity contribution is 6.32. The van der Waals surface area contributed by atoms with Gasteiger partial charge in [-0.2, -0.15) is 0 Å². The van der Waals surface area contributed by atoms with Crippen LogP contribution in [0.4, 0.5) is 0 Å². The molecule has 1 aromatic carbocycles. The van der Waals surface area contributed by atoms with Crippen LogP contribution < -0.4 is 5.73 Å². The summed E-state index contributed by atoms with van der Waals surface area (Å²) in [5.41, 5.74) is 7.92. The Hall–Kier alpha value is -1.12. The highest BCUT2D eigenvalue weighted by Crippen LogP contribution is 2.50. The van der Waals surface area contributed by atoms with Crippen molar-refractivity contribution in [2.45, 2.75) is 12.3 Å². The fourth-order valence-corrected chi connectivity index (χ4v) is 2.65. The SMILES string of the molecule is NCC1CC1c1c(Cl)ccc2cccnc12. The molecule has 2 nitrogen and oxygen atoms in total. The van der Waals surface area contributed by atoms with Crippen molar-refractivity contribution in [1.82, 2.24) is 4.98 Å². The molecule has 3 heteroatoms. The third-order valence-corrected chi connectivity index (χ3v) is 3.69. The number of benzene rings is 1. The summed E-state index contributed by atoms with van der Waals surface area (Å²) in [6.45, 7) is 0.740. The topological polar surface area (TPSA) is 38.9 Å². The van der Waals surface area contributed by atoms with Gasteiger partial charge in [-0.05, 0) is 36.9 Å². The van der Waals surface area contributed by atoms with Crippen LogP contribution >= 0.6 is 11.6 Å². The molecule has 1 aliphatic rings. The molecule has 2 atom stereocenters. The molecule has 0 saturated heterocycles. The summed E-state index contributed by atoms with van der Waals surface area (Å²) in [6, 6.07) is 8.01. The number of aromatic nitrogens is 1. The van der Waals surface area contributed by atoms with Crippen molar-refractivity contribution >= 4 is 22.5 Å². The lowest BCUT2D eigenvalue weighted by Crippen LogP contribution is -2.02. The fraction of sp³-hybridized carbons (Fsp3) is 0.308. The summed E-state index contributed by atoms with van der Waals surface area (Å²) >= 11 is 6.28. The molecule has 3 rings (SSSR count). The number of pyridine rings is 1. The lowest BCUT2D eigenvalue weighted by atomic mass is 10.0. The van der Waals surface area contributed by atoms with Gasteiger partial charge in [-0.15, -0.1) is 0 Å². The number of nitrogens with two attached hydrogens (primary N) is 1. The molecule has 1 aliphatic carbocycles. The summed E-state index contributed by atoms with van der Waals surface area (Å²) in [6.07, 6.45) is 2.97. The number of hydrogen-bond acceptors (Lipinski definition) is 2. The first-order chi connectivity index (χ1) is 7.81. The lowest BCUT2D eigenvalue weighted by Gasteiger charge is -2.07. The van der Waals surface area contributed by atoms with Crippen LogP contribution in [0, 0.1) is 5.92 Å². The number of rotatable bonds is 2. The quantitative estimate of drug-likeness (QED) is 0.865. The highest BCUT2D eigenvalue weighted by atomic mass is 35.5. The Kier molecular flexibility index (Phi) is 2.34. The van der Waals surface area contributed by atoms with Crippen LogP contribution in [0.2, 0.25) is 5.02 Å². The first kappa shape index (κ1) is 10.1. The van der Waals surface area contributed by atoms with Gasteiger partial charge >= 0.3 is 0 Å². The van der Waals surface area contributed by atoms with Crippen molar-refractivity contribution in [2.75, 3.05) is 6.54 Å². The van der Waals surface area contributed by atoms with E-state index >= 15 is 0 Å². The molecule has 2 unspecified atom stereocenters. The Labute approximate surface area is 99.4 Å². The highest BCUT2D eigenvalue weighted by Gasteiger charge is 2.39. The summed E-state index contributed by atoms with van der Waals surface area (Å²) < 4.78 is 0. The summed E-state index contributed by atoms with van der Waals surface area (Å²) in [5, 5.41) is 1.98. The second-order valence-corrected chi connectivity index (χ2v) is 4.78. The molecule has 1 saturated carbocycles. The van der Waals surface area contributed by atoms with Crippen molar-refractivity contribution in [3.05, 3.63) is 41.0 Å². The molecule has 2 aromatic rings. The van der Waals surface area contributed by atoms with E-state index in [-0.39, 0.29) is 0 Å². The molecule has 0 aliphatic heterocycles. The van der Waals surface area contributed by atoms with Crippen LogP contribution in [0.1, 0.15) is 17.9 Å². The Bertz CT molecular complexity index is 538. The predicted octanol–water partition coefficient (Wildman–Crippen LogP) is 2.95. The largest absolute Gasteiger partial charge is 0.330 e. The zero-order valence-electron chi connectivity index (χ0n) is 8.86. The van der Waals surface area contributed by atoms with E-state index in [1.54, 1.807) is 0 Å². The molecule has 0 radical (unpaired) electrons. The molecular formula is C13H13ClN2. The van der Waals surface area contributed by atoms with Crippen LogP contribution in [0.5, 0.6) is 0 Å². The minimum atomic E-state index is 0.510. The van der Waals surface area contributed by atoms with Gasteiger partial charge in [0.05, 0.1) is 5.52 Å². The van der Waals surface area contributed by atoms with Gasteiger partial charge in [0, 0.05) is 22.2 Å². The molecule has 0 spiro atoms. The first-order valence-corrected chi connectivity index (χ1v) is 5.92. The molecule has 2 N–H and O–H groups in total. The average Bonchev–Trinajstić information content (AvgIpc) is 3.08. The third kappa shape index (κ3) is 1.49. The molecule has 1 aromatic heterocycles. The number of nitrogens with zero attached hydrogens (tertiary/aromatic N) is 1. The summed E-state index contributed by atoms with van der Waals surface area (Å²) in [4.78, 5) is 4.45. The van der Waals surface area contributed by atoms with Gasteiger partial charge in [-0.25, -0.2) is 0 Å². The van der Waals surface area contributed by atoms with Gasteiger partial charge in [0.1, 0.15) is 0 Å². The molecule has 1 fully saturated rings. The lowest BCUT2D eigenvalue weighted by molar-refractivity contribution is 0.811. The Balaban J connectivity index is 2.18. The maximum Gasteiger partial charge on any atom is 0.0751 e. The fourth-order valence-electron chi connectivity index (χ4n) is 2.36. The normalized spacial score (nSPS) is 23.6. The first-order valence-electron chi connectivity index (χ1n) is 5.54. The van der Waals surface area contributed by atoms with E-state index in [1.165, 1.54) is 5.56 Å². The smallest absolute Gasteiger partial charge is 0.0751 e. The van der Waals surface area contributed by atoms with E-state index < -0.39 is 0 Å². The zero-order valence-corrected chi connectivity index (χ0v) is 9.61. The van der Waals surface area contributed by atoms with Gasteiger partial charge < -0.3 is 5.73 Å². The minimum absolute atomic E-state index is 0.510. The van der Waals surface area contributed by atoms with E-state index in [0.29, 0.717) is 11.8 Å². The maximum atomic E-state index is 6.28. The third-order valence-electron chi connectivity index (χ3n) is 3.36. The van der Waals surface area contributed by atoms with Crippen LogP contribution in [-0.2, 0) is 0 Å².